The molecule has 0 spiro atoms. The smallest absolute Gasteiger partial charge is 0.166 e. The zero-order valence-corrected chi connectivity index (χ0v) is 15.9. The van der Waals surface area contributed by atoms with Crippen molar-refractivity contribution < 1.29 is 9.59 Å². The molecule has 2 unspecified atom stereocenters. The van der Waals surface area contributed by atoms with Crippen molar-refractivity contribution in [3.8, 4) is 0 Å². The van der Waals surface area contributed by atoms with Gasteiger partial charge in [0, 0.05) is 11.5 Å². The lowest BCUT2D eigenvalue weighted by Crippen LogP contribution is -2.28. The Balaban J connectivity index is 2.09. The van der Waals surface area contributed by atoms with Gasteiger partial charge in [-0.3, -0.25) is 9.59 Å². The topological polar surface area (TPSA) is 34.1 Å². The van der Waals surface area contributed by atoms with Crippen molar-refractivity contribution in [3.05, 3.63) is 53.6 Å². The van der Waals surface area contributed by atoms with Gasteiger partial charge in [-0.2, -0.15) is 0 Å². The standard InChI is InChI=1S/C23H30O2/c1-17-9-8-15-23(3,4)21(17)13-12-18(2)22(25)20(14-16-24)19-10-6-5-7-11-19/h5-7,9-11,14,16,18,21H,8,12-13,15H2,1-4H3. The fourth-order valence-corrected chi connectivity index (χ4v) is 4.04. The van der Waals surface area contributed by atoms with Crippen LogP contribution in [-0.2, 0) is 9.59 Å². The number of Topliss-reactive ketones (excluding diaryl/α,β-unsaturated/α-hetero) is 1. The number of ketones is 1. The molecule has 2 atom stereocenters. The number of aldehydes is 1. The molecule has 2 heteroatoms. The summed E-state index contributed by atoms with van der Waals surface area (Å²) in [6, 6.07) is 9.47. The number of carbonyl (C=O) groups is 2. The molecule has 0 bridgehead atoms. The largest absolute Gasteiger partial charge is 0.299 e. The third kappa shape index (κ3) is 4.78. The molecule has 0 heterocycles. The van der Waals surface area contributed by atoms with E-state index < -0.39 is 0 Å². The molecule has 1 aromatic rings. The molecule has 0 amide bonds. The van der Waals surface area contributed by atoms with Crippen LogP contribution in [0.2, 0.25) is 0 Å². The van der Waals surface area contributed by atoms with E-state index in [1.165, 1.54) is 18.1 Å². The second kappa shape index (κ2) is 8.42. The van der Waals surface area contributed by atoms with Crippen molar-refractivity contribution in [2.24, 2.45) is 17.3 Å². The molecule has 134 valence electrons. The van der Waals surface area contributed by atoms with Crippen molar-refractivity contribution in [1.82, 2.24) is 0 Å². The highest BCUT2D eigenvalue weighted by Crippen LogP contribution is 2.43. The fourth-order valence-electron chi connectivity index (χ4n) is 4.04. The average Bonchev–Trinajstić information content (AvgIpc) is 2.58. The molecular weight excluding hydrogens is 308 g/mol. The molecule has 0 saturated carbocycles. The molecule has 2 rings (SSSR count). The third-order valence-corrected chi connectivity index (χ3v) is 5.67. The SMILES string of the molecule is CC1=CCCC(C)(C)C1CCC(C)C(=O)C(=CC=O)c1ccccc1. The first-order chi connectivity index (χ1) is 11.9. The summed E-state index contributed by atoms with van der Waals surface area (Å²) in [5.74, 6) is 0.511. The Bertz CT molecular complexity index is 665. The lowest BCUT2D eigenvalue weighted by molar-refractivity contribution is -0.117. The van der Waals surface area contributed by atoms with E-state index in [0.29, 0.717) is 23.2 Å². The number of rotatable bonds is 7. The minimum Gasteiger partial charge on any atom is -0.299 e. The lowest BCUT2D eigenvalue weighted by atomic mass is 9.66. The Labute approximate surface area is 152 Å². The van der Waals surface area contributed by atoms with Gasteiger partial charge in [0.25, 0.3) is 0 Å². The monoisotopic (exact) mass is 338 g/mol. The Morgan fingerprint density at radius 2 is 1.96 bits per heavy atom. The van der Waals surface area contributed by atoms with Crippen molar-refractivity contribution in [3.63, 3.8) is 0 Å². The molecule has 0 saturated heterocycles. The zero-order chi connectivity index (χ0) is 18.4. The number of hydrogen-bond acceptors (Lipinski definition) is 2. The number of hydrogen-bond donors (Lipinski definition) is 0. The van der Waals surface area contributed by atoms with E-state index in [4.69, 9.17) is 0 Å². The van der Waals surface area contributed by atoms with Crippen LogP contribution in [0.25, 0.3) is 5.57 Å². The first kappa shape index (κ1) is 19.4. The minimum atomic E-state index is -0.0862. The molecule has 2 nitrogen and oxygen atoms in total. The highest BCUT2D eigenvalue weighted by Gasteiger charge is 2.33. The second-order valence-electron chi connectivity index (χ2n) is 7.95. The van der Waals surface area contributed by atoms with Gasteiger partial charge in [-0.25, -0.2) is 0 Å². The van der Waals surface area contributed by atoms with Crippen LogP contribution in [0.1, 0.15) is 58.9 Å². The van der Waals surface area contributed by atoms with Gasteiger partial charge < -0.3 is 0 Å². The number of carbonyl (C=O) groups excluding carboxylic acids is 2. The van der Waals surface area contributed by atoms with Crippen LogP contribution in [0.5, 0.6) is 0 Å². The van der Waals surface area contributed by atoms with Gasteiger partial charge in [0.05, 0.1) is 0 Å². The maximum Gasteiger partial charge on any atom is 0.166 e. The van der Waals surface area contributed by atoms with E-state index in [1.54, 1.807) is 0 Å². The summed E-state index contributed by atoms with van der Waals surface area (Å²) in [7, 11) is 0. The average molecular weight is 338 g/mol. The van der Waals surface area contributed by atoms with E-state index >= 15 is 0 Å². The van der Waals surface area contributed by atoms with Gasteiger partial charge in [0.1, 0.15) is 6.29 Å². The van der Waals surface area contributed by atoms with Crippen molar-refractivity contribution in [2.45, 2.75) is 53.4 Å². The third-order valence-electron chi connectivity index (χ3n) is 5.67. The molecule has 0 N–H and O–H groups in total. The van der Waals surface area contributed by atoms with Gasteiger partial charge in [-0.05, 0) is 55.6 Å². The second-order valence-corrected chi connectivity index (χ2v) is 7.95. The van der Waals surface area contributed by atoms with E-state index in [-0.39, 0.29) is 11.7 Å². The Morgan fingerprint density at radius 1 is 1.28 bits per heavy atom. The highest BCUT2D eigenvalue weighted by molar-refractivity contribution is 6.23. The van der Waals surface area contributed by atoms with E-state index in [2.05, 4.69) is 26.8 Å². The maximum absolute atomic E-state index is 12.9. The molecule has 0 aliphatic heterocycles. The van der Waals surface area contributed by atoms with E-state index in [1.807, 2.05) is 37.3 Å². The van der Waals surface area contributed by atoms with Crippen molar-refractivity contribution in [2.75, 3.05) is 0 Å². The molecule has 25 heavy (non-hydrogen) atoms. The van der Waals surface area contributed by atoms with E-state index in [0.717, 1.165) is 24.8 Å². The minimum absolute atomic E-state index is 0.0635. The Kier molecular flexibility index (Phi) is 6.52. The summed E-state index contributed by atoms with van der Waals surface area (Å²) in [5, 5.41) is 0. The van der Waals surface area contributed by atoms with Crippen LogP contribution in [0.3, 0.4) is 0 Å². The molecule has 1 aliphatic carbocycles. The van der Waals surface area contributed by atoms with Gasteiger partial charge in [-0.1, -0.05) is 62.8 Å². The highest BCUT2D eigenvalue weighted by atomic mass is 16.1. The lowest BCUT2D eigenvalue weighted by Gasteiger charge is -2.39. The van der Waals surface area contributed by atoms with Crippen LogP contribution < -0.4 is 0 Å². The van der Waals surface area contributed by atoms with Gasteiger partial charge in [-0.15, -0.1) is 0 Å². The molecule has 0 radical (unpaired) electrons. The predicted octanol–water partition coefficient (Wildman–Crippen LogP) is 5.64. The molecule has 1 aliphatic rings. The van der Waals surface area contributed by atoms with Crippen molar-refractivity contribution in [1.29, 1.82) is 0 Å². The van der Waals surface area contributed by atoms with Crippen LogP contribution in [0.4, 0.5) is 0 Å². The molecule has 1 aromatic carbocycles. The molecule has 0 aromatic heterocycles. The van der Waals surface area contributed by atoms with E-state index in [9.17, 15) is 9.59 Å². The van der Waals surface area contributed by atoms with Gasteiger partial charge in [0.2, 0.25) is 0 Å². The van der Waals surface area contributed by atoms with Gasteiger partial charge in [0.15, 0.2) is 5.78 Å². The molecule has 0 fully saturated rings. The van der Waals surface area contributed by atoms with Crippen LogP contribution in [-0.4, -0.2) is 12.1 Å². The Morgan fingerprint density at radius 3 is 2.56 bits per heavy atom. The van der Waals surface area contributed by atoms with Crippen LogP contribution in [0.15, 0.2) is 48.1 Å². The number of benzene rings is 1. The quantitative estimate of drug-likeness (QED) is 0.366. The predicted molar refractivity (Wildman–Crippen MR) is 104 cm³/mol. The molecular formula is C23H30O2. The summed E-state index contributed by atoms with van der Waals surface area (Å²) < 4.78 is 0. The van der Waals surface area contributed by atoms with Crippen molar-refractivity contribution >= 4 is 17.6 Å². The van der Waals surface area contributed by atoms with Crippen LogP contribution in [0, 0.1) is 17.3 Å². The zero-order valence-electron chi connectivity index (χ0n) is 15.9. The first-order valence-electron chi connectivity index (χ1n) is 9.28. The summed E-state index contributed by atoms with van der Waals surface area (Å²) >= 11 is 0. The maximum atomic E-state index is 12.9. The first-order valence-corrected chi connectivity index (χ1v) is 9.28. The normalized spacial score (nSPS) is 21.4. The number of allylic oxidation sites excluding steroid dienone is 4. The summed E-state index contributed by atoms with van der Waals surface area (Å²) in [4.78, 5) is 23.9. The summed E-state index contributed by atoms with van der Waals surface area (Å²) in [6.45, 7) is 8.88. The summed E-state index contributed by atoms with van der Waals surface area (Å²) in [6.07, 6.45) is 8.70. The van der Waals surface area contributed by atoms with Gasteiger partial charge >= 0.3 is 0 Å². The Hall–Kier alpha value is -1.96. The summed E-state index contributed by atoms with van der Waals surface area (Å²) in [5.41, 5.74) is 3.10. The fraction of sp³-hybridized carbons (Fsp3) is 0.478. The van der Waals surface area contributed by atoms with Crippen LogP contribution >= 0.6 is 0 Å².